The number of hydrogen-bond donors (Lipinski definition) is 2. The second-order valence-corrected chi connectivity index (χ2v) is 5.62. The van der Waals surface area contributed by atoms with Gasteiger partial charge >= 0.3 is 5.97 Å². The number of sulfonamides is 1. The molecule has 0 unspecified atom stereocenters. The summed E-state index contributed by atoms with van der Waals surface area (Å²) >= 11 is 0. The highest BCUT2D eigenvalue weighted by molar-refractivity contribution is 7.89. The van der Waals surface area contributed by atoms with E-state index in [2.05, 4.69) is 4.72 Å². The standard InChI is InChI=1S/C12H10FNO5S/c13-11-4-3-9(6-10(11)12(15)16)20(17,18)14-7-8-2-1-5-19-8/h1-6,14H,7H2,(H,15,16). The minimum Gasteiger partial charge on any atom is -0.478 e. The Labute approximate surface area is 113 Å². The highest BCUT2D eigenvalue weighted by atomic mass is 32.2. The molecule has 1 heterocycles. The van der Waals surface area contributed by atoms with E-state index in [4.69, 9.17) is 9.52 Å². The van der Waals surface area contributed by atoms with Crippen LogP contribution in [-0.2, 0) is 16.6 Å². The number of rotatable bonds is 5. The van der Waals surface area contributed by atoms with E-state index in [-0.39, 0.29) is 11.4 Å². The lowest BCUT2D eigenvalue weighted by molar-refractivity contribution is 0.0691. The number of furan rings is 1. The minimum atomic E-state index is -3.95. The molecule has 0 fully saturated rings. The zero-order chi connectivity index (χ0) is 14.8. The molecule has 1 aromatic heterocycles. The maximum Gasteiger partial charge on any atom is 0.338 e. The summed E-state index contributed by atoms with van der Waals surface area (Å²) in [6.07, 6.45) is 1.39. The SMILES string of the molecule is O=C(O)c1cc(S(=O)(=O)NCc2ccco2)ccc1F. The Hall–Kier alpha value is -2.19. The average Bonchev–Trinajstić information content (AvgIpc) is 2.89. The lowest BCUT2D eigenvalue weighted by Gasteiger charge is -2.06. The van der Waals surface area contributed by atoms with Crippen molar-refractivity contribution in [3.05, 3.63) is 53.7 Å². The Morgan fingerprint density at radius 3 is 2.70 bits per heavy atom. The molecule has 106 valence electrons. The Balaban J connectivity index is 2.25. The van der Waals surface area contributed by atoms with Crippen molar-refractivity contribution in [3.63, 3.8) is 0 Å². The fraction of sp³-hybridized carbons (Fsp3) is 0.0833. The van der Waals surface area contributed by atoms with Crippen molar-refractivity contribution in [1.29, 1.82) is 0 Å². The highest BCUT2D eigenvalue weighted by Crippen LogP contribution is 2.15. The third-order valence-corrected chi connectivity index (χ3v) is 3.89. The predicted molar refractivity (Wildman–Crippen MR) is 66.1 cm³/mol. The zero-order valence-corrected chi connectivity index (χ0v) is 10.9. The van der Waals surface area contributed by atoms with Gasteiger partial charge in [-0.1, -0.05) is 0 Å². The van der Waals surface area contributed by atoms with E-state index in [9.17, 15) is 17.6 Å². The van der Waals surface area contributed by atoms with Gasteiger partial charge in [0, 0.05) is 0 Å². The molecule has 20 heavy (non-hydrogen) atoms. The van der Waals surface area contributed by atoms with Crippen LogP contribution in [0.2, 0.25) is 0 Å². The molecule has 2 rings (SSSR count). The number of carbonyl (C=O) groups is 1. The quantitative estimate of drug-likeness (QED) is 0.874. The first kappa shape index (κ1) is 14.2. The monoisotopic (exact) mass is 299 g/mol. The molecule has 6 nitrogen and oxygen atoms in total. The third-order valence-electron chi connectivity index (χ3n) is 2.50. The summed E-state index contributed by atoms with van der Waals surface area (Å²) in [7, 11) is -3.95. The van der Waals surface area contributed by atoms with Crippen molar-refractivity contribution in [2.75, 3.05) is 0 Å². The maximum atomic E-state index is 13.2. The van der Waals surface area contributed by atoms with E-state index in [0.29, 0.717) is 5.76 Å². The van der Waals surface area contributed by atoms with Gasteiger partial charge < -0.3 is 9.52 Å². The Kier molecular flexibility index (Phi) is 3.86. The van der Waals surface area contributed by atoms with Crippen LogP contribution in [0, 0.1) is 5.82 Å². The molecule has 0 aliphatic carbocycles. The summed E-state index contributed by atoms with van der Waals surface area (Å²) in [4.78, 5) is 10.4. The molecule has 2 N–H and O–H groups in total. The third kappa shape index (κ3) is 3.03. The molecule has 0 amide bonds. The first-order valence-electron chi connectivity index (χ1n) is 5.45. The summed E-state index contributed by atoms with van der Waals surface area (Å²) < 4.78 is 44.3. The van der Waals surface area contributed by atoms with Crippen LogP contribution in [0.25, 0.3) is 0 Å². The smallest absolute Gasteiger partial charge is 0.338 e. The van der Waals surface area contributed by atoms with Gasteiger partial charge in [0.05, 0.1) is 23.3 Å². The normalized spacial score (nSPS) is 11.4. The number of carboxylic acids is 1. The molecule has 0 spiro atoms. The van der Waals surface area contributed by atoms with Gasteiger partial charge in [-0.15, -0.1) is 0 Å². The second-order valence-electron chi connectivity index (χ2n) is 3.85. The topological polar surface area (TPSA) is 96.6 Å². The van der Waals surface area contributed by atoms with Crippen molar-refractivity contribution in [2.24, 2.45) is 0 Å². The van der Waals surface area contributed by atoms with Gasteiger partial charge in [0.1, 0.15) is 11.6 Å². The lowest BCUT2D eigenvalue weighted by Crippen LogP contribution is -2.23. The fourth-order valence-electron chi connectivity index (χ4n) is 1.50. The van der Waals surface area contributed by atoms with Crippen LogP contribution in [-0.4, -0.2) is 19.5 Å². The van der Waals surface area contributed by atoms with E-state index in [0.717, 1.165) is 18.2 Å². The van der Waals surface area contributed by atoms with Crippen molar-refractivity contribution in [3.8, 4) is 0 Å². The number of aromatic carboxylic acids is 1. The van der Waals surface area contributed by atoms with E-state index < -0.39 is 27.4 Å². The Morgan fingerprint density at radius 2 is 2.10 bits per heavy atom. The second kappa shape index (κ2) is 5.43. The number of carboxylic acid groups (broad SMARTS) is 1. The largest absolute Gasteiger partial charge is 0.478 e. The zero-order valence-electron chi connectivity index (χ0n) is 10.0. The van der Waals surface area contributed by atoms with E-state index >= 15 is 0 Å². The van der Waals surface area contributed by atoms with Crippen molar-refractivity contribution < 1.29 is 27.1 Å². The Morgan fingerprint density at radius 1 is 1.35 bits per heavy atom. The molecule has 0 aliphatic rings. The predicted octanol–water partition coefficient (Wildman–Crippen LogP) is 1.60. The molecular weight excluding hydrogens is 289 g/mol. The van der Waals surface area contributed by atoms with Gasteiger partial charge in [-0.2, -0.15) is 0 Å². The van der Waals surface area contributed by atoms with Crippen LogP contribution in [0.15, 0.2) is 45.9 Å². The van der Waals surface area contributed by atoms with E-state index in [1.165, 1.54) is 6.26 Å². The minimum absolute atomic E-state index is 0.0882. The van der Waals surface area contributed by atoms with Crippen LogP contribution in [0.5, 0.6) is 0 Å². The Bertz CT molecular complexity index is 724. The van der Waals surface area contributed by atoms with E-state index in [1.807, 2.05) is 0 Å². The molecule has 0 radical (unpaired) electrons. The molecule has 8 heteroatoms. The van der Waals surface area contributed by atoms with Crippen LogP contribution in [0.1, 0.15) is 16.1 Å². The van der Waals surface area contributed by atoms with Gasteiger partial charge in [-0.05, 0) is 30.3 Å². The van der Waals surface area contributed by atoms with Crippen molar-refractivity contribution >= 4 is 16.0 Å². The molecule has 0 bridgehead atoms. The summed E-state index contributed by atoms with van der Waals surface area (Å²) in [5, 5.41) is 8.77. The van der Waals surface area contributed by atoms with Gasteiger partial charge in [0.15, 0.2) is 0 Å². The van der Waals surface area contributed by atoms with Crippen molar-refractivity contribution in [2.45, 2.75) is 11.4 Å². The first-order chi connectivity index (χ1) is 9.40. The molecule has 1 aromatic carbocycles. The molecule has 0 saturated carbocycles. The molecule has 0 aliphatic heterocycles. The molecule has 0 saturated heterocycles. The maximum absolute atomic E-state index is 13.2. The van der Waals surface area contributed by atoms with Gasteiger partial charge in [0.2, 0.25) is 10.0 Å². The van der Waals surface area contributed by atoms with Crippen LogP contribution in [0.3, 0.4) is 0 Å². The van der Waals surface area contributed by atoms with E-state index in [1.54, 1.807) is 12.1 Å². The summed E-state index contributed by atoms with van der Waals surface area (Å²) in [6, 6.07) is 5.74. The molecular formula is C12H10FNO5S. The first-order valence-corrected chi connectivity index (χ1v) is 6.93. The molecule has 2 aromatic rings. The fourth-order valence-corrected chi connectivity index (χ4v) is 2.52. The number of halogens is 1. The van der Waals surface area contributed by atoms with Gasteiger partial charge in [-0.3, -0.25) is 0 Å². The van der Waals surface area contributed by atoms with Gasteiger partial charge in [-0.25, -0.2) is 22.3 Å². The number of benzene rings is 1. The summed E-state index contributed by atoms with van der Waals surface area (Å²) in [6.45, 7) is -0.0882. The summed E-state index contributed by atoms with van der Waals surface area (Å²) in [5.41, 5.74) is -0.703. The number of nitrogens with one attached hydrogen (secondary N) is 1. The highest BCUT2D eigenvalue weighted by Gasteiger charge is 2.19. The average molecular weight is 299 g/mol. The van der Waals surface area contributed by atoms with Crippen molar-refractivity contribution in [1.82, 2.24) is 4.72 Å². The van der Waals surface area contributed by atoms with Crippen LogP contribution < -0.4 is 4.72 Å². The van der Waals surface area contributed by atoms with Gasteiger partial charge in [0.25, 0.3) is 0 Å². The lowest BCUT2D eigenvalue weighted by atomic mass is 10.2. The molecule has 0 atom stereocenters. The number of hydrogen-bond acceptors (Lipinski definition) is 4. The van der Waals surface area contributed by atoms with Crippen LogP contribution >= 0.6 is 0 Å². The van der Waals surface area contributed by atoms with Crippen LogP contribution in [0.4, 0.5) is 4.39 Å². The summed E-state index contributed by atoms with van der Waals surface area (Å²) in [5.74, 6) is -2.14.